The summed E-state index contributed by atoms with van der Waals surface area (Å²) >= 11 is 0. The average Bonchev–Trinajstić information content (AvgIpc) is 3.02. The van der Waals surface area contributed by atoms with E-state index in [9.17, 15) is 0 Å². The third kappa shape index (κ3) is 3.72. The van der Waals surface area contributed by atoms with Crippen LogP contribution in [0.5, 0.6) is 0 Å². The van der Waals surface area contributed by atoms with Gasteiger partial charge in [0.1, 0.15) is 0 Å². The van der Waals surface area contributed by atoms with Gasteiger partial charge in [-0.1, -0.05) is 38.5 Å². The van der Waals surface area contributed by atoms with Gasteiger partial charge in [-0.15, -0.1) is 0 Å². The van der Waals surface area contributed by atoms with Crippen LogP contribution in [-0.4, -0.2) is 36.6 Å². The highest BCUT2D eigenvalue weighted by Gasteiger charge is 2.36. The van der Waals surface area contributed by atoms with Crippen LogP contribution in [0.2, 0.25) is 0 Å². The number of hydrogen-bond donors (Lipinski definition) is 1. The molecule has 0 aromatic heterocycles. The van der Waals surface area contributed by atoms with Gasteiger partial charge in [-0.2, -0.15) is 0 Å². The fourth-order valence-corrected chi connectivity index (χ4v) is 4.70. The van der Waals surface area contributed by atoms with Crippen LogP contribution in [0.1, 0.15) is 70.6 Å². The monoisotopic (exact) mass is 264 g/mol. The van der Waals surface area contributed by atoms with Crippen LogP contribution in [0, 0.1) is 5.92 Å². The molecule has 2 aliphatic carbocycles. The molecule has 19 heavy (non-hydrogen) atoms. The first-order chi connectivity index (χ1) is 9.36. The second kappa shape index (κ2) is 6.58. The van der Waals surface area contributed by atoms with Crippen LogP contribution < -0.4 is 5.32 Å². The van der Waals surface area contributed by atoms with Crippen LogP contribution in [0.3, 0.4) is 0 Å². The molecule has 110 valence electrons. The molecule has 1 heterocycles. The second-order valence-corrected chi connectivity index (χ2v) is 7.34. The zero-order valence-corrected chi connectivity index (χ0v) is 12.6. The SMILES string of the molecule is C1CCC(CCCN2CCCNC3(CCCC3)C2)C1. The minimum atomic E-state index is 0.504. The number of hydrogen-bond acceptors (Lipinski definition) is 2. The Morgan fingerprint density at radius 2 is 1.79 bits per heavy atom. The van der Waals surface area contributed by atoms with Crippen LogP contribution in [0.4, 0.5) is 0 Å². The first-order valence-corrected chi connectivity index (χ1v) is 8.84. The molecule has 3 fully saturated rings. The van der Waals surface area contributed by atoms with Gasteiger partial charge in [-0.05, 0) is 57.7 Å². The smallest absolute Gasteiger partial charge is 0.0308 e. The van der Waals surface area contributed by atoms with E-state index in [1.807, 2.05) is 0 Å². The van der Waals surface area contributed by atoms with Gasteiger partial charge in [0.05, 0.1) is 0 Å². The minimum absolute atomic E-state index is 0.504. The maximum absolute atomic E-state index is 3.88. The van der Waals surface area contributed by atoms with Crippen molar-refractivity contribution in [3.05, 3.63) is 0 Å². The van der Waals surface area contributed by atoms with Crippen molar-refractivity contribution in [2.45, 2.75) is 76.2 Å². The molecule has 1 saturated heterocycles. The molecule has 3 aliphatic rings. The Bertz CT molecular complexity index is 264. The third-order valence-corrected chi connectivity index (χ3v) is 5.80. The van der Waals surface area contributed by atoms with E-state index in [0.29, 0.717) is 5.54 Å². The summed E-state index contributed by atoms with van der Waals surface area (Å²) in [4.78, 5) is 2.78. The summed E-state index contributed by atoms with van der Waals surface area (Å²) < 4.78 is 0. The van der Waals surface area contributed by atoms with Gasteiger partial charge in [0, 0.05) is 12.1 Å². The Morgan fingerprint density at radius 1 is 1.00 bits per heavy atom. The summed E-state index contributed by atoms with van der Waals surface area (Å²) in [6.45, 7) is 5.27. The van der Waals surface area contributed by atoms with Gasteiger partial charge >= 0.3 is 0 Å². The van der Waals surface area contributed by atoms with Gasteiger partial charge in [0.25, 0.3) is 0 Å². The fraction of sp³-hybridized carbons (Fsp3) is 1.00. The highest BCUT2D eigenvalue weighted by molar-refractivity contribution is 4.96. The molecule has 3 rings (SSSR count). The van der Waals surface area contributed by atoms with Crippen LogP contribution in [-0.2, 0) is 0 Å². The van der Waals surface area contributed by atoms with Gasteiger partial charge in [-0.3, -0.25) is 0 Å². The molecule has 1 aliphatic heterocycles. The van der Waals surface area contributed by atoms with Gasteiger partial charge in [0.2, 0.25) is 0 Å². The second-order valence-electron chi connectivity index (χ2n) is 7.34. The predicted molar refractivity (Wildman–Crippen MR) is 81.5 cm³/mol. The molecule has 2 heteroatoms. The van der Waals surface area contributed by atoms with Crippen molar-refractivity contribution in [1.29, 1.82) is 0 Å². The first kappa shape index (κ1) is 13.9. The lowest BCUT2D eigenvalue weighted by Gasteiger charge is -2.33. The summed E-state index contributed by atoms with van der Waals surface area (Å²) in [5.74, 6) is 1.07. The van der Waals surface area contributed by atoms with Gasteiger partial charge < -0.3 is 10.2 Å². The van der Waals surface area contributed by atoms with Crippen molar-refractivity contribution in [2.24, 2.45) is 5.92 Å². The summed E-state index contributed by atoms with van der Waals surface area (Å²) in [5.41, 5.74) is 0.504. The number of nitrogens with zero attached hydrogens (tertiary/aromatic N) is 1. The summed E-state index contributed by atoms with van der Waals surface area (Å²) in [6, 6.07) is 0. The van der Waals surface area contributed by atoms with Crippen molar-refractivity contribution >= 4 is 0 Å². The summed E-state index contributed by atoms with van der Waals surface area (Å²) in [6.07, 6.45) is 16.1. The van der Waals surface area contributed by atoms with Crippen molar-refractivity contribution in [3.8, 4) is 0 Å². The molecule has 2 saturated carbocycles. The van der Waals surface area contributed by atoms with Crippen molar-refractivity contribution in [3.63, 3.8) is 0 Å². The Labute approximate surface area is 119 Å². The highest BCUT2D eigenvalue weighted by Crippen LogP contribution is 2.32. The van der Waals surface area contributed by atoms with Gasteiger partial charge in [0.15, 0.2) is 0 Å². The first-order valence-electron chi connectivity index (χ1n) is 8.84. The average molecular weight is 264 g/mol. The zero-order chi connectivity index (χ0) is 13.0. The Balaban J connectivity index is 1.43. The molecule has 0 unspecified atom stereocenters. The predicted octanol–water partition coefficient (Wildman–Crippen LogP) is 3.56. The molecule has 0 aromatic carbocycles. The van der Waals surface area contributed by atoms with E-state index in [1.54, 1.807) is 0 Å². The molecular formula is C17H32N2. The largest absolute Gasteiger partial charge is 0.310 e. The van der Waals surface area contributed by atoms with E-state index in [1.165, 1.54) is 96.8 Å². The molecule has 0 bridgehead atoms. The Hall–Kier alpha value is -0.0800. The lowest BCUT2D eigenvalue weighted by molar-refractivity contribution is 0.203. The van der Waals surface area contributed by atoms with Crippen molar-refractivity contribution in [2.75, 3.05) is 26.2 Å². The minimum Gasteiger partial charge on any atom is -0.310 e. The standard InChI is InChI=1S/C17H32N2/c1-2-8-16(7-1)9-5-13-19-14-6-12-18-17(15-19)10-3-4-11-17/h16,18H,1-15H2. The Kier molecular flexibility index (Phi) is 4.81. The van der Waals surface area contributed by atoms with Gasteiger partial charge in [-0.25, -0.2) is 0 Å². The molecule has 0 aromatic rings. The lowest BCUT2D eigenvalue weighted by atomic mass is 9.96. The number of nitrogens with one attached hydrogen (secondary N) is 1. The molecule has 0 radical (unpaired) electrons. The van der Waals surface area contributed by atoms with Crippen LogP contribution in [0.25, 0.3) is 0 Å². The normalized spacial score (nSPS) is 29.1. The molecule has 0 amide bonds. The summed E-state index contributed by atoms with van der Waals surface area (Å²) in [5, 5.41) is 3.88. The maximum Gasteiger partial charge on any atom is 0.0308 e. The van der Waals surface area contributed by atoms with E-state index in [-0.39, 0.29) is 0 Å². The lowest BCUT2D eigenvalue weighted by Crippen LogP contribution is -2.49. The quantitative estimate of drug-likeness (QED) is 0.835. The van der Waals surface area contributed by atoms with Crippen molar-refractivity contribution < 1.29 is 0 Å². The van der Waals surface area contributed by atoms with E-state index in [4.69, 9.17) is 0 Å². The van der Waals surface area contributed by atoms with Crippen molar-refractivity contribution in [1.82, 2.24) is 10.2 Å². The summed E-state index contributed by atoms with van der Waals surface area (Å²) in [7, 11) is 0. The molecule has 1 N–H and O–H groups in total. The Morgan fingerprint density at radius 3 is 2.58 bits per heavy atom. The highest BCUT2D eigenvalue weighted by atomic mass is 15.2. The molecule has 2 nitrogen and oxygen atoms in total. The fourth-order valence-electron chi connectivity index (χ4n) is 4.70. The van der Waals surface area contributed by atoms with E-state index < -0.39 is 0 Å². The topological polar surface area (TPSA) is 15.3 Å². The van der Waals surface area contributed by atoms with E-state index in [2.05, 4.69) is 10.2 Å². The number of rotatable bonds is 4. The molecule has 0 atom stereocenters. The molecule has 1 spiro atoms. The molecular weight excluding hydrogens is 232 g/mol. The van der Waals surface area contributed by atoms with E-state index in [0.717, 1.165) is 5.92 Å². The van der Waals surface area contributed by atoms with E-state index >= 15 is 0 Å². The van der Waals surface area contributed by atoms with Crippen LogP contribution >= 0.6 is 0 Å². The zero-order valence-electron chi connectivity index (χ0n) is 12.6. The van der Waals surface area contributed by atoms with Crippen LogP contribution in [0.15, 0.2) is 0 Å². The third-order valence-electron chi connectivity index (χ3n) is 5.80. The maximum atomic E-state index is 3.88.